The first-order valence-electron chi connectivity index (χ1n) is 18.3. The van der Waals surface area contributed by atoms with Gasteiger partial charge in [0.05, 0.1) is 22.8 Å². The molecule has 7 aromatic rings. The molecule has 268 valence electrons. The molecule has 8 bridgehead atoms. The zero-order chi connectivity index (χ0) is 36.6. The Balaban J connectivity index is 0.00000427. The molecule has 5 heterocycles. The van der Waals surface area contributed by atoms with Crippen molar-refractivity contribution >= 4 is 54.4 Å². The van der Waals surface area contributed by atoms with E-state index >= 15 is 0 Å². The number of nitrogens with zero attached hydrogens (tertiary/aromatic N) is 2. The zero-order valence-electron chi connectivity index (χ0n) is 30.8. The predicted octanol–water partition coefficient (Wildman–Crippen LogP) is 12.5. The van der Waals surface area contributed by atoms with E-state index in [1.165, 1.54) is 0 Å². The van der Waals surface area contributed by atoms with Crippen molar-refractivity contribution < 1.29 is 21.1 Å². The smallest absolute Gasteiger partial charge is 0.129 e. The van der Waals surface area contributed by atoms with Crippen LogP contribution in [0, 0.1) is 11.5 Å². The zero-order valence-corrected chi connectivity index (χ0v) is 34.1. The number of aromatic amines is 2. The summed E-state index contributed by atoms with van der Waals surface area (Å²) in [6.07, 6.45) is 8.56. The van der Waals surface area contributed by atoms with Crippen molar-refractivity contribution in [1.29, 1.82) is 0 Å². The van der Waals surface area contributed by atoms with E-state index in [1.807, 2.05) is 0 Å². The van der Waals surface area contributed by atoms with Crippen molar-refractivity contribution in [3.05, 3.63) is 168 Å². The van der Waals surface area contributed by atoms with Gasteiger partial charge in [-0.25, -0.2) is 9.97 Å². The van der Waals surface area contributed by atoms with Crippen molar-refractivity contribution in [3.8, 4) is 56.0 Å². The summed E-state index contributed by atoms with van der Waals surface area (Å²) in [7, 11) is -1.52. The summed E-state index contributed by atoms with van der Waals surface area (Å²) in [5.74, 6) is 3.42. The average Bonchev–Trinajstić information content (AvgIpc) is 4.03. The first-order valence-corrected chi connectivity index (χ1v) is 21.8. The van der Waals surface area contributed by atoms with Crippen LogP contribution in [0.2, 0.25) is 19.6 Å². The van der Waals surface area contributed by atoms with Crippen LogP contribution in [0.4, 0.5) is 0 Å². The van der Waals surface area contributed by atoms with Gasteiger partial charge in [-0.2, -0.15) is 0 Å². The number of aromatic nitrogens is 4. The largest absolute Gasteiger partial charge is 0.354 e. The maximum atomic E-state index is 5.42. The molecule has 0 aliphatic carbocycles. The fourth-order valence-electron chi connectivity index (χ4n) is 7.21. The summed E-state index contributed by atoms with van der Waals surface area (Å²) in [5.41, 5.74) is 20.5. The second-order valence-electron chi connectivity index (χ2n) is 14.7. The van der Waals surface area contributed by atoms with Crippen LogP contribution in [-0.2, 0) is 21.1 Å². The number of hydrogen-bond acceptors (Lipinski definition) is 2. The second kappa shape index (κ2) is 15.0. The fourth-order valence-corrected chi connectivity index (χ4v) is 7.73. The minimum absolute atomic E-state index is 0. The molecule has 55 heavy (non-hydrogen) atoms. The predicted molar refractivity (Wildman–Crippen MR) is 231 cm³/mol. The molecule has 2 aliphatic heterocycles. The topological polar surface area (TPSA) is 57.4 Å². The molecule has 0 atom stereocenters. The van der Waals surface area contributed by atoms with Crippen LogP contribution in [0.25, 0.3) is 90.9 Å². The van der Waals surface area contributed by atoms with Gasteiger partial charge in [0.25, 0.3) is 0 Å². The third-order valence-electron chi connectivity index (χ3n) is 9.70. The Morgan fingerprint density at radius 1 is 0.400 bits per heavy atom. The van der Waals surface area contributed by atoms with Crippen molar-refractivity contribution in [2.75, 3.05) is 0 Å². The Kier molecular flexibility index (Phi) is 9.80. The normalized spacial score (nSPS) is 11.8. The summed E-state index contributed by atoms with van der Waals surface area (Å²) < 4.78 is 0. The minimum Gasteiger partial charge on any atom is -0.354 e. The van der Waals surface area contributed by atoms with Crippen molar-refractivity contribution in [2.24, 2.45) is 0 Å². The Labute approximate surface area is 337 Å². The van der Waals surface area contributed by atoms with Gasteiger partial charge in [0.15, 0.2) is 0 Å². The van der Waals surface area contributed by atoms with E-state index in [9.17, 15) is 0 Å². The van der Waals surface area contributed by atoms with Gasteiger partial charge in [-0.1, -0.05) is 129 Å². The molecule has 0 saturated carbocycles. The number of H-pyrrole nitrogens is 2. The maximum Gasteiger partial charge on any atom is 0.129 e. The van der Waals surface area contributed by atoms with Gasteiger partial charge in [0, 0.05) is 70.9 Å². The molecule has 0 unspecified atom stereocenters. The number of fused-ring (bicyclic) bond motifs is 8. The van der Waals surface area contributed by atoms with Crippen LogP contribution in [0.3, 0.4) is 0 Å². The van der Waals surface area contributed by atoms with E-state index in [1.54, 1.807) is 0 Å². The van der Waals surface area contributed by atoms with Gasteiger partial charge >= 0.3 is 0 Å². The summed E-state index contributed by atoms with van der Waals surface area (Å²) in [6.45, 7) is 6.81. The molecule has 0 amide bonds. The molecule has 0 fully saturated rings. The molecule has 2 N–H and O–H groups in total. The molecule has 2 aliphatic rings. The second-order valence-corrected chi connectivity index (χ2v) is 19.4. The van der Waals surface area contributed by atoms with E-state index in [-0.39, 0.29) is 21.1 Å². The molecule has 4 nitrogen and oxygen atoms in total. The number of rotatable bonds is 4. The van der Waals surface area contributed by atoms with Crippen molar-refractivity contribution in [2.45, 2.75) is 19.6 Å². The van der Waals surface area contributed by atoms with Crippen LogP contribution in [0.15, 0.2) is 140 Å². The van der Waals surface area contributed by atoms with Gasteiger partial charge in [0.2, 0.25) is 0 Å². The van der Waals surface area contributed by atoms with E-state index in [0.29, 0.717) is 0 Å². The van der Waals surface area contributed by atoms with Gasteiger partial charge in [0.1, 0.15) is 8.07 Å². The van der Waals surface area contributed by atoms with Gasteiger partial charge in [-0.05, 0) is 83.0 Å². The quantitative estimate of drug-likeness (QED) is 0.137. The molecule has 0 saturated heterocycles. The molecular formula is C49H38N4PtSi. The van der Waals surface area contributed by atoms with Gasteiger partial charge in [-0.3, -0.25) is 0 Å². The molecule has 4 aromatic carbocycles. The number of hydrogen-bond donors (Lipinski definition) is 2. The van der Waals surface area contributed by atoms with Gasteiger partial charge in [-0.15, -0.1) is 5.54 Å². The number of benzene rings is 4. The molecule has 9 rings (SSSR count). The Bertz CT molecular complexity index is 2800. The van der Waals surface area contributed by atoms with E-state index < -0.39 is 8.07 Å². The first kappa shape index (κ1) is 35.9. The van der Waals surface area contributed by atoms with Gasteiger partial charge < -0.3 is 9.97 Å². The third kappa shape index (κ3) is 7.28. The van der Waals surface area contributed by atoms with Crippen LogP contribution >= 0.6 is 0 Å². The Hall–Kier alpha value is -6.05. The van der Waals surface area contributed by atoms with E-state index in [4.69, 9.17) is 9.97 Å². The van der Waals surface area contributed by atoms with Crippen molar-refractivity contribution in [1.82, 2.24) is 19.9 Å². The summed E-state index contributed by atoms with van der Waals surface area (Å²) >= 11 is 0. The van der Waals surface area contributed by atoms with Crippen LogP contribution in [-0.4, -0.2) is 28.0 Å². The van der Waals surface area contributed by atoms with E-state index in [0.717, 1.165) is 94.9 Å². The Morgan fingerprint density at radius 3 is 1.02 bits per heavy atom. The van der Waals surface area contributed by atoms with E-state index in [2.05, 4.69) is 205 Å². The Morgan fingerprint density at radius 2 is 0.709 bits per heavy atom. The third-order valence-corrected chi connectivity index (χ3v) is 10.6. The van der Waals surface area contributed by atoms with Crippen LogP contribution < -0.4 is 0 Å². The summed E-state index contributed by atoms with van der Waals surface area (Å²) in [5, 5.41) is 0. The summed E-state index contributed by atoms with van der Waals surface area (Å²) in [4.78, 5) is 18.5. The first-order chi connectivity index (χ1) is 26.4. The maximum absolute atomic E-state index is 5.42. The minimum atomic E-state index is -1.52. The average molecular weight is 906 g/mol. The SMILES string of the molecule is C[Si](C)(C)C#Cc1ccc(-c2c3nc(c(-c4ccccc4)c4ccc([nH]4)c(-c4ccccc4)c4nc(c(-c5ccccc5)c5ccc2[nH]5)C=C4)C=C3)cc1.[Pt]. The van der Waals surface area contributed by atoms with Crippen molar-refractivity contribution in [3.63, 3.8) is 0 Å². The molecule has 6 heteroatoms. The number of nitrogens with one attached hydrogen (secondary N) is 2. The van der Waals surface area contributed by atoms with Crippen LogP contribution in [0.5, 0.6) is 0 Å². The standard InChI is InChI=1S/C49H38N4Si.Pt/c1-54(2,3)32-31-33-19-21-37(22-20-33)49-44-29-27-42(52-44)47(35-15-9-5-10-16-35)40-25-23-38(50-40)46(34-13-7-4-8-14-34)39-24-26-41(51-39)48(36-17-11-6-12-18-36)43-28-30-45(49)53-43;/h4-30,50,53H,1-3H3;. The molecule has 0 radical (unpaired) electrons. The summed E-state index contributed by atoms with van der Waals surface area (Å²) in [6, 6.07) is 48.8. The molecular weight excluding hydrogens is 868 g/mol. The fraction of sp³-hybridized carbons (Fsp3) is 0.0612. The monoisotopic (exact) mass is 905 g/mol. The van der Waals surface area contributed by atoms with Crippen LogP contribution in [0.1, 0.15) is 28.3 Å². The molecule has 0 spiro atoms. The molecule has 3 aromatic heterocycles.